The third-order valence-electron chi connectivity index (χ3n) is 3.26. The van der Waals surface area contributed by atoms with Crippen molar-refractivity contribution in [1.82, 2.24) is 0 Å². The third-order valence-corrected chi connectivity index (χ3v) is 4.90. The van der Waals surface area contributed by atoms with E-state index in [2.05, 4.69) is 0 Å². The fraction of sp³-hybridized carbons (Fsp3) is 0.500. The topological polar surface area (TPSA) is 54.4 Å². The minimum absolute atomic E-state index is 0.0272. The average molecular weight is 240 g/mol. The van der Waals surface area contributed by atoms with Gasteiger partial charge >= 0.3 is 0 Å². The van der Waals surface area contributed by atoms with E-state index in [0.29, 0.717) is 0 Å². The van der Waals surface area contributed by atoms with Gasteiger partial charge in [0.1, 0.15) is 0 Å². The van der Waals surface area contributed by atoms with Crippen molar-refractivity contribution in [3.63, 3.8) is 0 Å². The lowest BCUT2D eigenvalue weighted by Gasteiger charge is -2.00. The Labute approximate surface area is 96.0 Å². The molecule has 1 aromatic rings. The van der Waals surface area contributed by atoms with Crippen LogP contribution in [0.4, 0.5) is 0 Å². The van der Waals surface area contributed by atoms with Crippen LogP contribution in [-0.4, -0.2) is 31.6 Å². The highest BCUT2D eigenvalue weighted by atomic mass is 32.2. The Hall–Kier alpha value is -0.870. The molecule has 3 nitrogen and oxygen atoms in total. The highest BCUT2D eigenvalue weighted by Gasteiger charge is 2.56. The Bertz CT molecular complexity index is 475. The quantitative estimate of drug-likeness (QED) is 0.861. The van der Waals surface area contributed by atoms with E-state index in [4.69, 9.17) is 5.11 Å². The summed E-state index contributed by atoms with van der Waals surface area (Å²) < 4.78 is 23.0. The molecule has 1 N–H and O–H groups in total. The molecule has 1 aliphatic carbocycles. The highest BCUT2D eigenvalue weighted by Crippen LogP contribution is 2.51. The standard InChI is InChI=1S/C12H16O3S/c1-8-3-5-9(6-4-8)11-10(7-13)12(11)16(2,14)15/h3-6,10-13H,7H2,1-2H3/t10-,11+,12+/m0/s1. The fourth-order valence-electron chi connectivity index (χ4n) is 2.37. The maximum atomic E-state index is 11.5. The second kappa shape index (κ2) is 3.86. The van der Waals surface area contributed by atoms with E-state index in [9.17, 15) is 8.42 Å². The summed E-state index contributed by atoms with van der Waals surface area (Å²) in [5.74, 6) is -0.154. The van der Waals surface area contributed by atoms with Gasteiger partial charge in [0.2, 0.25) is 0 Å². The van der Waals surface area contributed by atoms with Crippen LogP contribution < -0.4 is 0 Å². The van der Waals surface area contributed by atoms with Crippen LogP contribution in [0.25, 0.3) is 0 Å². The SMILES string of the molecule is Cc1ccc([C@@H]2[C@H](CO)[C@H]2S(C)(=O)=O)cc1. The number of aryl methyl sites for hydroxylation is 1. The number of sulfone groups is 1. The van der Waals surface area contributed by atoms with E-state index in [0.717, 1.165) is 11.1 Å². The average Bonchev–Trinajstić information content (AvgIpc) is 2.92. The minimum Gasteiger partial charge on any atom is -0.396 e. The molecule has 1 fully saturated rings. The van der Waals surface area contributed by atoms with E-state index < -0.39 is 15.1 Å². The van der Waals surface area contributed by atoms with Crippen LogP contribution >= 0.6 is 0 Å². The van der Waals surface area contributed by atoms with Crippen LogP contribution in [0, 0.1) is 12.8 Å². The zero-order valence-corrected chi connectivity index (χ0v) is 10.2. The molecule has 2 rings (SSSR count). The molecule has 1 aromatic carbocycles. The van der Waals surface area contributed by atoms with Crippen molar-refractivity contribution in [2.45, 2.75) is 18.1 Å². The molecule has 0 aromatic heterocycles. The van der Waals surface area contributed by atoms with Crippen molar-refractivity contribution in [3.8, 4) is 0 Å². The van der Waals surface area contributed by atoms with Gasteiger partial charge in [-0.15, -0.1) is 0 Å². The normalized spacial score (nSPS) is 29.1. The van der Waals surface area contributed by atoms with Crippen LogP contribution in [0.1, 0.15) is 17.0 Å². The predicted octanol–water partition coefficient (Wildman–Crippen LogP) is 1.11. The molecule has 0 unspecified atom stereocenters. The summed E-state index contributed by atoms with van der Waals surface area (Å²) in [6.45, 7) is 1.94. The summed E-state index contributed by atoms with van der Waals surface area (Å²) in [7, 11) is -3.06. The van der Waals surface area contributed by atoms with Gasteiger partial charge in [-0.05, 0) is 12.5 Å². The lowest BCUT2D eigenvalue weighted by Crippen LogP contribution is -2.08. The molecule has 1 saturated carbocycles. The van der Waals surface area contributed by atoms with E-state index in [1.807, 2.05) is 31.2 Å². The van der Waals surface area contributed by atoms with Gasteiger partial charge in [-0.1, -0.05) is 29.8 Å². The third kappa shape index (κ3) is 1.99. The molecular formula is C12H16O3S. The van der Waals surface area contributed by atoms with Crippen LogP contribution in [0.5, 0.6) is 0 Å². The molecular weight excluding hydrogens is 224 g/mol. The Morgan fingerprint density at radius 1 is 1.25 bits per heavy atom. The first kappa shape index (κ1) is 11.6. The Balaban J connectivity index is 2.27. The molecule has 0 aliphatic heterocycles. The fourth-order valence-corrected chi connectivity index (χ4v) is 4.06. The predicted molar refractivity (Wildman–Crippen MR) is 63.1 cm³/mol. The maximum Gasteiger partial charge on any atom is 0.151 e. The van der Waals surface area contributed by atoms with E-state index in [1.165, 1.54) is 6.26 Å². The van der Waals surface area contributed by atoms with Gasteiger partial charge < -0.3 is 5.11 Å². The monoisotopic (exact) mass is 240 g/mol. The summed E-state index contributed by atoms with van der Waals surface area (Å²) in [6, 6.07) is 7.85. The second-order valence-electron chi connectivity index (χ2n) is 4.58. The van der Waals surface area contributed by atoms with Crippen LogP contribution in [0.2, 0.25) is 0 Å². The molecule has 0 amide bonds. The van der Waals surface area contributed by atoms with E-state index in [1.54, 1.807) is 0 Å². The summed E-state index contributed by atoms with van der Waals surface area (Å²) in [4.78, 5) is 0. The highest BCUT2D eigenvalue weighted by molar-refractivity contribution is 7.91. The van der Waals surface area contributed by atoms with Crippen molar-refractivity contribution >= 4 is 9.84 Å². The first-order valence-electron chi connectivity index (χ1n) is 5.31. The summed E-state index contributed by atoms with van der Waals surface area (Å²) in [6.07, 6.45) is 1.24. The van der Waals surface area contributed by atoms with Crippen molar-refractivity contribution < 1.29 is 13.5 Å². The molecule has 0 saturated heterocycles. The molecule has 3 atom stereocenters. The molecule has 0 radical (unpaired) electrons. The number of aliphatic hydroxyl groups excluding tert-OH is 1. The van der Waals surface area contributed by atoms with Gasteiger partial charge in [0.05, 0.1) is 5.25 Å². The van der Waals surface area contributed by atoms with Crippen molar-refractivity contribution in [1.29, 1.82) is 0 Å². The van der Waals surface area contributed by atoms with Crippen LogP contribution in [0.3, 0.4) is 0 Å². The number of hydrogen-bond acceptors (Lipinski definition) is 3. The number of benzene rings is 1. The van der Waals surface area contributed by atoms with Crippen LogP contribution in [-0.2, 0) is 9.84 Å². The first-order chi connectivity index (χ1) is 7.45. The van der Waals surface area contributed by atoms with Gasteiger partial charge in [0.15, 0.2) is 9.84 Å². The van der Waals surface area contributed by atoms with Crippen LogP contribution in [0.15, 0.2) is 24.3 Å². The lowest BCUT2D eigenvalue weighted by molar-refractivity contribution is 0.274. The number of hydrogen-bond donors (Lipinski definition) is 1. The summed E-state index contributed by atoms with van der Waals surface area (Å²) >= 11 is 0. The zero-order chi connectivity index (χ0) is 11.9. The summed E-state index contributed by atoms with van der Waals surface area (Å²) in [5, 5.41) is 8.76. The molecule has 88 valence electrons. The minimum atomic E-state index is -3.06. The molecule has 0 spiro atoms. The molecule has 16 heavy (non-hydrogen) atoms. The van der Waals surface area contributed by atoms with Crippen molar-refractivity contribution in [2.24, 2.45) is 5.92 Å². The Morgan fingerprint density at radius 3 is 2.19 bits per heavy atom. The van der Waals surface area contributed by atoms with Gasteiger partial charge in [0.25, 0.3) is 0 Å². The molecule has 4 heteroatoms. The second-order valence-corrected chi connectivity index (χ2v) is 6.78. The van der Waals surface area contributed by atoms with Crippen molar-refractivity contribution in [2.75, 3.05) is 12.9 Å². The summed E-state index contributed by atoms with van der Waals surface area (Å²) in [5.41, 5.74) is 2.17. The number of rotatable bonds is 3. The molecule has 1 aliphatic rings. The van der Waals surface area contributed by atoms with Crippen molar-refractivity contribution in [3.05, 3.63) is 35.4 Å². The number of aliphatic hydroxyl groups is 1. The first-order valence-corrected chi connectivity index (χ1v) is 7.27. The maximum absolute atomic E-state index is 11.5. The largest absolute Gasteiger partial charge is 0.396 e. The van der Waals surface area contributed by atoms with Gasteiger partial charge in [-0.2, -0.15) is 0 Å². The van der Waals surface area contributed by atoms with E-state index >= 15 is 0 Å². The Kier molecular flexibility index (Phi) is 2.80. The van der Waals surface area contributed by atoms with Gasteiger partial charge in [0, 0.05) is 24.7 Å². The van der Waals surface area contributed by atoms with Gasteiger partial charge in [-0.25, -0.2) is 8.42 Å². The Morgan fingerprint density at radius 2 is 1.81 bits per heavy atom. The zero-order valence-electron chi connectivity index (χ0n) is 9.42. The van der Waals surface area contributed by atoms with E-state index in [-0.39, 0.29) is 18.4 Å². The molecule has 0 bridgehead atoms. The molecule has 0 heterocycles. The smallest absolute Gasteiger partial charge is 0.151 e. The lowest BCUT2D eigenvalue weighted by atomic mass is 10.1. The van der Waals surface area contributed by atoms with Gasteiger partial charge in [-0.3, -0.25) is 0 Å².